The number of ether oxygens (including phenoxy) is 2. The number of hydrogen-bond acceptors (Lipinski definition) is 5. The van der Waals surface area contributed by atoms with Crippen LogP contribution in [0.5, 0.6) is 11.5 Å². The Labute approximate surface area is 108 Å². The fraction of sp³-hybridized carbons (Fsp3) is 0.231. The van der Waals surface area contributed by atoms with Crippen molar-refractivity contribution in [3.8, 4) is 22.8 Å². The summed E-state index contributed by atoms with van der Waals surface area (Å²) in [4.78, 5) is 11.1. The number of carbonyl (C=O) groups is 1. The summed E-state index contributed by atoms with van der Waals surface area (Å²) < 4.78 is 16.0. The largest absolute Gasteiger partial charge is 0.486 e. The van der Waals surface area contributed by atoms with Crippen LogP contribution in [0.25, 0.3) is 11.3 Å². The Morgan fingerprint density at radius 1 is 1.26 bits per heavy atom. The van der Waals surface area contributed by atoms with Crippen molar-refractivity contribution in [3.63, 3.8) is 0 Å². The van der Waals surface area contributed by atoms with Crippen molar-refractivity contribution in [2.75, 3.05) is 13.2 Å². The molecule has 1 N–H and O–H groups in total. The molecule has 0 spiro atoms. The Hall–Kier alpha value is -2.50. The van der Waals surface area contributed by atoms with Crippen molar-refractivity contribution < 1.29 is 23.9 Å². The second-order valence-electron chi connectivity index (χ2n) is 4.18. The van der Waals surface area contributed by atoms with Gasteiger partial charge < -0.3 is 19.1 Å². The first-order valence-electron chi connectivity index (χ1n) is 5.75. The standard InChI is InChI=1S/C13H11NO5/c1-7-4-10-11(18-3-2-17-10)5-8(7)12-9(13(15)16)6-14-19-12/h4-6H,2-3H2,1H3,(H,15,16). The number of aromatic carboxylic acids is 1. The highest BCUT2D eigenvalue weighted by Gasteiger charge is 2.22. The molecule has 3 rings (SSSR count). The highest BCUT2D eigenvalue weighted by atomic mass is 16.6. The van der Waals surface area contributed by atoms with Gasteiger partial charge in [0, 0.05) is 5.56 Å². The van der Waals surface area contributed by atoms with E-state index in [4.69, 9.17) is 19.1 Å². The van der Waals surface area contributed by atoms with Crippen molar-refractivity contribution in [2.24, 2.45) is 0 Å². The molecule has 19 heavy (non-hydrogen) atoms. The molecule has 0 bridgehead atoms. The fourth-order valence-electron chi connectivity index (χ4n) is 2.02. The minimum absolute atomic E-state index is 0.0276. The molecule has 6 nitrogen and oxygen atoms in total. The molecule has 0 saturated heterocycles. The van der Waals surface area contributed by atoms with Gasteiger partial charge in [-0.3, -0.25) is 0 Å². The monoisotopic (exact) mass is 261 g/mol. The van der Waals surface area contributed by atoms with Crippen molar-refractivity contribution in [1.29, 1.82) is 0 Å². The van der Waals surface area contributed by atoms with Crippen LogP contribution in [0.15, 0.2) is 22.9 Å². The van der Waals surface area contributed by atoms with E-state index in [0.29, 0.717) is 30.3 Å². The van der Waals surface area contributed by atoms with Crippen molar-refractivity contribution in [3.05, 3.63) is 29.5 Å². The number of hydrogen-bond donors (Lipinski definition) is 1. The second kappa shape index (κ2) is 4.31. The summed E-state index contributed by atoms with van der Waals surface area (Å²) in [6.07, 6.45) is 1.19. The summed E-state index contributed by atoms with van der Waals surface area (Å²) in [7, 11) is 0. The second-order valence-corrected chi connectivity index (χ2v) is 4.18. The third-order valence-electron chi connectivity index (χ3n) is 2.93. The van der Waals surface area contributed by atoms with Crippen LogP contribution in [-0.2, 0) is 0 Å². The zero-order valence-electron chi connectivity index (χ0n) is 10.2. The molecule has 2 heterocycles. The van der Waals surface area contributed by atoms with E-state index in [1.165, 1.54) is 6.20 Å². The van der Waals surface area contributed by atoms with E-state index in [1.54, 1.807) is 12.1 Å². The van der Waals surface area contributed by atoms with Crippen LogP contribution in [-0.4, -0.2) is 29.4 Å². The van der Waals surface area contributed by atoms with Gasteiger partial charge in [-0.05, 0) is 24.6 Å². The fourth-order valence-corrected chi connectivity index (χ4v) is 2.02. The smallest absolute Gasteiger partial charge is 0.341 e. The van der Waals surface area contributed by atoms with Crippen LogP contribution in [0.3, 0.4) is 0 Å². The molecule has 1 aliphatic heterocycles. The average molecular weight is 261 g/mol. The topological polar surface area (TPSA) is 81.8 Å². The summed E-state index contributed by atoms with van der Waals surface area (Å²) in [5, 5.41) is 12.6. The minimum atomic E-state index is -1.08. The molecular weight excluding hydrogens is 250 g/mol. The lowest BCUT2D eigenvalue weighted by Gasteiger charge is -2.19. The van der Waals surface area contributed by atoms with E-state index in [0.717, 1.165) is 5.56 Å². The van der Waals surface area contributed by atoms with Crippen LogP contribution >= 0.6 is 0 Å². The van der Waals surface area contributed by atoms with E-state index in [2.05, 4.69) is 5.16 Å². The van der Waals surface area contributed by atoms with Gasteiger partial charge in [0.25, 0.3) is 0 Å². The predicted octanol–water partition coefficient (Wildman–Crippen LogP) is 2.12. The van der Waals surface area contributed by atoms with Gasteiger partial charge in [0.15, 0.2) is 17.3 Å². The average Bonchev–Trinajstić information content (AvgIpc) is 2.87. The number of aromatic nitrogens is 1. The lowest BCUT2D eigenvalue weighted by molar-refractivity contribution is 0.0697. The molecule has 0 amide bonds. The maximum Gasteiger partial charge on any atom is 0.341 e. The third-order valence-corrected chi connectivity index (χ3v) is 2.93. The zero-order valence-corrected chi connectivity index (χ0v) is 10.2. The summed E-state index contributed by atoms with van der Waals surface area (Å²) in [6, 6.07) is 3.52. The summed E-state index contributed by atoms with van der Waals surface area (Å²) >= 11 is 0. The SMILES string of the molecule is Cc1cc2c(cc1-c1oncc1C(=O)O)OCCO2. The maximum atomic E-state index is 11.1. The van der Waals surface area contributed by atoms with Crippen LogP contribution in [0.1, 0.15) is 15.9 Å². The highest BCUT2D eigenvalue weighted by molar-refractivity contribution is 5.94. The van der Waals surface area contributed by atoms with E-state index < -0.39 is 5.97 Å². The third kappa shape index (κ3) is 1.91. The van der Waals surface area contributed by atoms with Gasteiger partial charge in [0.05, 0.1) is 6.20 Å². The Morgan fingerprint density at radius 2 is 1.95 bits per heavy atom. The van der Waals surface area contributed by atoms with Crippen LogP contribution in [0, 0.1) is 6.92 Å². The van der Waals surface area contributed by atoms with Crippen molar-refractivity contribution in [2.45, 2.75) is 6.92 Å². The lowest BCUT2D eigenvalue weighted by atomic mass is 10.0. The molecule has 6 heteroatoms. The van der Waals surface area contributed by atoms with Gasteiger partial charge in [-0.2, -0.15) is 0 Å². The van der Waals surface area contributed by atoms with Crippen LogP contribution < -0.4 is 9.47 Å². The molecule has 0 atom stereocenters. The normalized spacial score (nSPS) is 13.3. The molecular formula is C13H11NO5. The Kier molecular flexibility index (Phi) is 2.63. The molecule has 1 aromatic carbocycles. The number of carboxylic acids is 1. The number of nitrogens with zero attached hydrogens (tertiary/aromatic N) is 1. The molecule has 0 unspecified atom stereocenters. The zero-order chi connectivity index (χ0) is 13.4. The van der Waals surface area contributed by atoms with Crippen LogP contribution in [0.2, 0.25) is 0 Å². The number of rotatable bonds is 2. The Balaban J connectivity index is 2.14. The molecule has 1 aliphatic rings. The number of benzene rings is 1. The number of fused-ring (bicyclic) bond motifs is 1. The number of carboxylic acid groups (broad SMARTS) is 1. The number of aryl methyl sites for hydroxylation is 1. The quantitative estimate of drug-likeness (QED) is 0.891. The Bertz CT molecular complexity index is 646. The van der Waals surface area contributed by atoms with E-state index >= 15 is 0 Å². The van der Waals surface area contributed by atoms with E-state index in [-0.39, 0.29) is 11.3 Å². The molecule has 0 saturated carbocycles. The van der Waals surface area contributed by atoms with E-state index in [9.17, 15) is 4.79 Å². The van der Waals surface area contributed by atoms with Crippen LogP contribution in [0.4, 0.5) is 0 Å². The first-order chi connectivity index (χ1) is 9.16. The predicted molar refractivity (Wildman–Crippen MR) is 64.6 cm³/mol. The molecule has 0 radical (unpaired) electrons. The first kappa shape index (κ1) is 11.6. The van der Waals surface area contributed by atoms with Gasteiger partial charge >= 0.3 is 5.97 Å². The summed E-state index contributed by atoms with van der Waals surface area (Å²) in [6.45, 7) is 2.83. The molecule has 98 valence electrons. The van der Waals surface area contributed by atoms with Gasteiger partial charge in [0.2, 0.25) is 0 Å². The summed E-state index contributed by atoms with van der Waals surface area (Å²) in [5.41, 5.74) is 1.50. The molecule has 2 aromatic rings. The van der Waals surface area contributed by atoms with Gasteiger partial charge in [-0.1, -0.05) is 5.16 Å². The molecule has 0 aliphatic carbocycles. The Morgan fingerprint density at radius 3 is 2.63 bits per heavy atom. The van der Waals surface area contributed by atoms with Gasteiger partial charge in [0.1, 0.15) is 18.8 Å². The minimum Gasteiger partial charge on any atom is -0.486 e. The van der Waals surface area contributed by atoms with E-state index in [1.807, 2.05) is 6.92 Å². The summed E-state index contributed by atoms with van der Waals surface area (Å²) in [5.74, 6) is 0.385. The molecule has 0 fully saturated rings. The van der Waals surface area contributed by atoms with Gasteiger partial charge in [-0.25, -0.2) is 4.79 Å². The van der Waals surface area contributed by atoms with Gasteiger partial charge in [-0.15, -0.1) is 0 Å². The van der Waals surface area contributed by atoms with Crippen molar-refractivity contribution in [1.82, 2.24) is 5.16 Å². The lowest BCUT2D eigenvalue weighted by Crippen LogP contribution is -2.15. The maximum absolute atomic E-state index is 11.1. The first-order valence-corrected chi connectivity index (χ1v) is 5.75. The highest BCUT2D eigenvalue weighted by Crippen LogP contribution is 2.38. The van der Waals surface area contributed by atoms with Crippen molar-refractivity contribution >= 4 is 5.97 Å². The molecule has 1 aromatic heterocycles.